The fourth-order valence-corrected chi connectivity index (χ4v) is 4.58. The zero-order valence-electron chi connectivity index (χ0n) is 18.7. The van der Waals surface area contributed by atoms with Crippen molar-refractivity contribution in [2.75, 3.05) is 6.54 Å². The lowest BCUT2D eigenvalue weighted by atomic mass is 9.90. The smallest absolute Gasteiger partial charge is 0.137 e. The Bertz CT molecular complexity index is 1230. The third kappa shape index (κ3) is 4.43. The van der Waals surface area contributed by atoms with Gasteiger partial charge in [0.15, 0.2) is 0 Å². The molecule has 0 saturated carbocycles. The number of aryl methyl sites for hydroxylation is 1. The third-order valence-electron chi connectivity index (χ3n) is 6.55. The van der Waals surface area contributed by atoms with Gasteiger partial charge in [-0.1, -0.05) is 35.9 Å². The van der Waals surface area contributed by atoms with Gasteiger partial charge in [-0.05, 0) is 25.5 Å². The fraction of sp³-hybridized carbons (Fsp3) is 0.320. The molecule has 0 amide bonds. The van der Waals surface area contributed by atoms with E-state index in [-0.39, 0.29) is 12.0 Å². The number of nitrogens with zero attached hydrogens (tertiary/aromatic N) is 6. The fourth-order valence-electron chi connectivity index (χ4n) is 4.58. The maximum Gasteiger partial charge on any atom is 0.137 e. The Kier molecular flexibility index (Phi) is 5.76. The van der Waals surface area contributed by atoms with Crippen molar-refractivity contribution in [2.45, 2.75) is 45.4 Å². The molecular formula is C25H26F2N6. The van der Waals surface area contributed by atoms with Gasteiger partial charge >= 0.3 is 0 Å². The van der Waals surface area contributed by atoms with Crippen molar-refractivity contribution in [3.8, 4) is 11.3 Å². The van der Waals surface area contributed by atoms with Crippen LogP contribution in [0.4, 0.5) is 8.78 Å². The van der Waals surface area contributed by atoms with E-state index in [4.69, 9.17) is 4.98 Å². The van der Waals surface area contributed by atoms with Crippen molar-refractivity contribution in [3.63, 3.8) is 0 Å². The molecule has 2 unspecified atom stereocenters. The first kappa shape index (κ1) is 21.5. The van der Waals surface area contributed by atoms with Crippen LogP contribution in [0.2, 0.25) is 0 Å². The molecule has 6 nitrogen and oxygen atoms in total. The number of hydrogen-bond acceptors (Lipinski definition) is 4. The minimum Gasteiger partial charge on any atom is -0.332 e. The summed E-state index contributed by atoms with van der Waals surface area (Å²) < 4.78 is 32.3. The molecule has 3 heterocycles. The summed E-state index contributed by atoms with van der Waals surface area (Å²) in [6.07, 6.45) is 5.19. The van der Waals surface area contributed by atoms with Crippen molar-refractivity contribution in [3.05, 3.63) is 89.9 Å². The largest absolute Gasteiger partial charge is 0.332 e. The van der Waals surface area contributed by atoms with Crippen molar-refractivity contribution in [1.29, 1.82) is 0 Å². The maximum atomic E-state index is 14.8. The standard InChI is InChI=1S/C25H26F2N6/c1-17-3-5-19(6-4-17)24-13-32-10-9-31(14-25(32)30-24)18(2)22(12-33-16-28-15-29-33)21-8-7-20(26)11-23(21)27/h3-8,11,13,15-16,18,22H,9-10,12,14H2,1-2H3. The summed E-state index contributed by atoms with van der Waals surface area (Å²) in [5, 5.41) is 4.21. The summed E-state index contributed by atoms with van der Waals surface area (Å²) in [5.74, 6) is -0.354. The molecule has 170 valence electrons. The second-order valence-corrected chi connectivity index (χ2v) is 8.70. The van der Waals surface area contributed by atoms with Crippen LogP contribution >= 0.6 is 0 Å². The van der Waals surface area contributed by atoms with E-state index in [1.807, 2.05) is 0 Å². The second-order valence-electron chi connectivity index (χ2n) is 8.70. The predicted molar refractivity (Wildman–Crippen MR) is 121 cm³/mol. The Morgan fingerprint density at radius 3 is 2.61 bits per heavy atom. The second kappa shape index (κ2) is 8.86. The zero-order chi connectivity index (χ0) is 22.9. The molecule has 4 aromatic rings. The van der Waals surface area contributed by atoms with Crippen LogP contribution in [-0.4, -0.2) is 41.8 Å². The topological polar surface area (TPSA) is 51.8 Å². The van der Waals surface area contributed by atoms with E-state index in [9.17, 15) is 8.78 Å². The lowest BCUT2D eigenvalue weighted by molar-refractivity contribution is 0.134. The van der Waals surface area contributed by atoms with E-state index in [0.717, 1.165) is 36.2 Å². The first-order valence-corrected chi connectivity index (χ1v) is 11.1. The van der Waals surface area contributed by atoms with E-state index in [0.29, 0.717) is 18.7 Å². The van der Waals surface area contributed by atoms with Crippen LogP contribution in [-0.2, 0) is 19.6 Å². The summed E-state index contributed by atoms with van der Waals surface area (Å²) in [6, 6.07) is 12.2. The van der Waals surface area contributed by atoms with Crippen LogP contribution in [0.3, 0.4) is 0 Å². The highest BCUT2D eigenvalue weighted by Gasteiger charge is 2.31. The number of rotatable bonds is 6. The predicted octanol–water partition coefficient (Wildman–Crippen LogP) is 4.42. The van der Waals surface area contributed by atoms with Gasteiger partial charge in [-0.2, -0.15) is 5.10 Å². The van der Waals surface area contributed by atoms with Crippen molar-refractivity contribution in [2.24, 2.45) is 0 Å². The van der Waals surface area contributed by atoms with Crippen LogP contribution in [0.5, 0.6) is 0 Å². The molecule has 0 fully saturated rings. The molecule has 1 aliphatic heterocycles. The number of hydrogen-bond donors (Lipinski definition) is 0. The van der Waals surface area contributed by atoms with Crippen molar-refractivity contribution < 1.29 is 8.78 Å². The molecule has 0 saturated heterocycles. The quantitative estimate of drug-likeness (QED) is 0.438. The number of fused-ring (bicyclic) bond motifs is 1. The van der Waals surface area contributed by atoms with E-state index in [1.165, 1.54) is 18.0 Å². The molecule has 2 aromatic carbocycles. The molecule has 33 heavy (non-hydrogen) atoms. The van der Waals surface area contributed by atoms with Gasteiger partial charge in [0.1, 0.15) is 30.1 Å². The van der Waals surface area contributed by atoms with E-state index in [2.05, 4.69) is 63.9 Å². The Morgan fingerprint density at radius 1 is 1.06 bits per heavy atom. The highest BCUT2D eigenvalue weighted by atomic mass is 19.1. The normalized spacial score (nSPS) is 15.9. The monoisotopic (exact) mass is 448 g/mol. The molecule has 0 aliphatic carbocycles. The molecule has 0 N–H and O–H groups in total. The molecule has 8 heteroatoms. The Balaban J connectivity index is 1.41. The molecule has 0 bridgehead atoms. The number of imidazole rings is 1. The summed E-state index contributed by atoms with van der Waals surface area (Å²) in [4.78, 5) is 11.2. The number of aromatic nitrogens is 5. The molecule has 2 aromatic heterocycles. The van der Waals surface area contributed by atoms with Crippen LogP contribution in [0, 0.1) is 18.6 Å². The molecular weight excluding hydrogens is 422 g/mol. The van der Waals surface area contributed by atoms with Gasteiger partial charge < -0.3 is 4.57 Å². The van der Waals surface area contributed by atoms with Gasteiger partial charge in [0, 0.05) is 42.9 Å². The molecule has 5 rings (SSSR count). The van der Waals surface area contributed by atoms with Crippen molar-refractivity contribution >= 4 is 0 Å². The molecule has 2 atom stereocenters. The lowest BCUT2D eigenvalue weighted by Crippen LogP contribution is -2.43. The van der Waals surface area contributed by atoms with Gasteiger partial charge in [0.05, 0.1) is 18.8 Å². The van der Waals surface area contributed by atoms with Gasteiger partial charge in [0.2, 0.25) is 0 Å². The average Bonchev–Trinajstić information content (AvgIpc) is 3.47. The first-order valence-electron chi connectivity index (χ1n) is 11.1. The van der Waals surface area contributed by atoms with Gasteiger partial charge in [-0.15, -0.1) is 0 Å². The average molecular weight is 449 g/mol. The molecule has 1 aliphatic rings. The van der Waals surface area contributed by atoms with Gasteiger partial charge in [-0.3, -0.25) is 9.58 Å². The minimum atomic E-state index is -0.577. The van der Waals surface area contributed by atoms with Gasteiger partial charge in [-0.25, -0.2) is 18.7 Å². The van der Waals surface area contributed by atoms with Crippen LogP contribution < -0.4 is 0 Å². The summed E-state index contributed by atoms with van der Waals surface area (Å²) >= 11 is 0. The van der Waals surface area contributed by atoms with Crippen LogP contribution in [0.15, 0.2) is 61.3 Å². The van der Waals surface area contributed by atoms with Gasteiger partial charge in [0.25, 0.3) is 0 Å². The maximum absolute atomic E-state index is 14.8. The summed E-state index contributed by atoms with van der Waals surface area (Å²) in [7, 11) is 0. The first-order chi connectivity index (χ1) is 16.0. The van der Waals surface area contributed by atoms with E-state index < -0.39 is 11.6 Å². The Morgan fingerprint density at radius 2 is 1.88 bits per heavy atom. The van der Waals surface area contributed by atoms with Crippen LogP contribution in [0.1, 0.15) is 29.8 Å². The van der Waals surface area contributed by atoms with Crippen molar-refractivity contribution in [1.82, 2.24) is 29.2 Å². The highest BCUT2D eigenvalue weighted by molar-refractivity contribution is 5.59. The SMILES string of the molecule is Cc1ccc(-c2cn3c(n2)CN(C(C)C(Cn2cncn2)c2ccc(F)cc2F)CC3)cc1. The Labute approximate surface area is 191 Å². The summed E-state index contributed by atoms with van der Waals surface area (Å²) in [6.45, 7) is 6.88. The lowest BCUT2D eigenvalue weighted by Gasteiger charge is -2.37. The minimum absolute atomic E-state index is 0.0255. The molecule has 0 spiro atoms. The van der Waals surface area contributed by atoms with E-state index in [1.54, 1.807) is 17.1 Å². The Hall–Kier alpha value is -3.39. The van der Waals surface area contributed by atoms with Crippen LogP contribution in [0.25, 0.3) is 11.3 Å². The zero-order valence-corrected chi connectivity index (χ0v) is 18.7. The highest BCUT2D eigenvalue weighted by Crippen LogP contribution is 2.31. The summed E-state index contributed by atoms with van der Waals surface area (Å²) in [5.41, 5.74) is 3.76. The van der Waals surface area contributed by atoms with E-state index >= 15 is 0 Å². The third-order valence-corrected chi connectivity index (χ3v) is 6.55. The number of halogens is 2. The molecule has 0 radical (unpaired) electrons. The number of benzene rings is 2.